The number of aryl methyl sites for hydroxylation is 1. The average molecular weight is 498 g/mol. The minimum Gasteiger partial charge on any atom is -0.506 e. The molecule has 2 aromatic carbocycles. The molecule has 2 N–H and O–H groups in total. The molecule has 4 aromatic rings. The lowest BCUT2D eigenvalue weighted by Gasteiger charge is -2.14. The predicted octanol–water partition coefficient (Wildman–Crippen LogP) is 7.27. The fourth-order valence-corrected chi connectivity index (χ4v) is 5.73. The van der Waals surface area contributed by atoms with Gasteiger partial charge in [-0.3, -0.25) is 4.79 Å². The normalized spacial score (nSPS) is 12.3. The Kier molecular flexibility index (Phi) is 6.93. The van der Waals surface area contributed by atoms with Gasteiger partial charge in [0.2, 0.25) is 5.91 Å². The molecule has 0 aliphatic carbocycles. The number of carbonyl (C=O) groups excluding carboxylic acids is 1. The monoisotopic (exact) mass is 497 g/mol. The standard InChI is InChI=1S/C25H24ClN3O2S2/c1-13(2)16-5-7-17(8-6-16)21-14(3)32-24-22(21)25(28-12-27-24)33-15(4)23(31)29-19-11-18(26)9-10-20(19)30/h5-13,15,30H,1-4H3,(H,29,31). The van der Waals surface area contributed by atoms with Crippen LogP contribution in [0.3, 0.4) is 0 Å². The van der Waals surface area contributed by atoms with E-state index in [0.29, 0.717) is 10.9 Å². The Morgan fingerprint density at radius 2 is 1.85 bits per heavy atom. The maximum atomic E-state index is 12.9. The molecule has 0 radical (unpaired) electrons. The van der Waals surface area contributed by atoms with Gasteiger partial charge in [-0.15, -0.1) is 11.3 Å². The Balaban J connectivity index is 1.65. The van der Waals surface area contributed by atoms with E-state index in [1.165, 1.54) is 29.5 Å². The second-order valence-electron chi connectivity index (χ2n) is 8.08. The summed E-state index contributed by atoms with van der Waals surface area (Å²) in [7, 11) is 0. The zero-order valence-corrected chi connectivity index (χ0v) is 21.1. The van der Waals surface area contributed by atoms with Gasteiger partial charge in [0.25, 0.3) is 0 Å². The van der Waals surface area contributed by atoms with Gasteiger partial charge in [-0.2, -0.15) is 0 Å². The Hall–Kier alpha value is -2.61. The number of amides is 1. The van der Waals surface area contributed by atoms with E-state index in [9.17, 15) is 9.90 Å². The second kappa shape index (κ2) is 9.71. The van der Waals surface area contributed by atoms with Gasteiger partial charge in [0.05, 0.1) is 16.3 Å². The molecular weight excluding hydrogens is 474 g/mol. The van der Waals surface area contributed by atoms with E-state index in [2.05, 4.69) is 60.3 Å². The van der Waals surface area contributed by atoms with Crippen LogP contribution < -0.4 is 5.32 Å². The first kappa shape index (κ1) is 23.5. The molecule has 8 heteroatoms. The number of fused-ring (bicyclic) bond motifs is 1. The third-order valence-electron chi connectivity index (χ3n) is 5.37. The van der Waals surface area contributed by atoms with E-state index >= 15 is 0 Å². The van der Waals surface area contributed by atoms with Crippen molar-refractivity contribution in [3.05, 3.63) is 64.3 Å². The number of nitrogens with one attached hydrogen (secondary N) is 1. The molecule has 1 unspecified atom stereocenters. The number of halogens is 1. The van der Waals surface area contributed by atoms with E-state index in [4.69, 9.17) is 11.6 Å². The number of carbonyl (C=O) groups is 1. The lowest BCUT2D eigenvalue weighted by atomic mass is 9.98. The highest BCUT2D eigenvalue weighted by atomic mass is 35.5. The van der Waals surface area contributed by atoms with E-state index in [1.54, 1.807) is 23.7 Å². The van der Waals surface area contributed by atoms with Crippen molar-refractivity contribution in [3.63, 3.8) is 0 Å². The van der Waals surface area contributed by atoms with Gasteiger partial charge < -0.3 is 10.4 Å². The fraction of sp³-hybridized carbons (Fsp3) is 0.240. The summed E-state index contributed by atoms with van der Waals surface area (Å²) < 4.78 is 0. The summed E-state index contributed by atoms with van der Waals surface area (Å²) in [6.07, 6.45) is 1.54. The molecule has 0 saturated heterocycles. The van der Waals surface area contributed by atoms with Crippen LogP contribution in [-0.4, -0.2) is 26.2 Å². The van der Waals surface area contributed by atoms with Crippen molar-refractivity contribution in [2.75, 3.05) is 5.32 Å². The number of aromatic nitrogens is 2. The van der Waals surface area contributed by atoms with Crippen LogP contribution in [0.2, 0.25) is 5.02 Å². The Morgan fingerprint density at radius 1 is 1.12 bits per heavy atom. The van der Waals surface area contributed by atoms with Gasteiger partial charge in [-0.05, 0) is 49.1 Å². The van der Waals surface area contributed by atoms with Crippen molar-refractivity contribution < 1.29 is 9.90 Å². The van der Waals surface area contributed by atoms with Crippen molar-refractivity contribution in [1.82, 2.24) is 9.97 Å². The molecule has 1 atom stereocenters. The first-order chi connectivity index (χ1) is 15.7. The van der Waals surface area contributed by atoms with Gasteiger partial charge in [-0.25, -0.2) is 9.97 Å². The quantitative estimate of drug-likeness (QED) is 0.166. The molecule has 1 amide bonds. The average Bonchev–Trinajstić information content (AvgIpc) is 3.13. The number of anilines is 1. The minimum atomic E-state index is -0.460. The molecule has 4 rings (SSSR count). The number of hydrogen-bond donors (Lipinski definition) is 2. The summed E-state index contributed by atoms with van der Waals surface area (Å²) in [5.74, 6) is 0.182. The highest BCUT2D eigenvalue weighted by Gasteiger charge is 2.22. The van der Waals surface area contributed by atoms with Crippen molar-refractivity contribution >= 4 is 56.5 Å². The molecule has 0 aliphatic heterocycles. The van der Waals surface area contributed by atoms with Crippen LogP contribution >= 0.6 is 34.7 Å². The summed E-state index contributed by atoms with van der Waals surface area (Å²) in [5.41, 5.74) is 3.79. The predicted molar refractivity (Wildman–Crippen MR) is 139 cm³/mol. The van der Waals surface area contributed by atoms with Gasteiger partial charge in [0, 0.05) is 15.5 Å². The summed E-state index contributed by atoms with van der Waals surface area (Å²) in [6, 6.07) is 13.1. The first-order valence-electron chi connectivity index (χ1n) is 10.5. The number of phenols is 1. The van der Waals surface area contributed by atoms with Crippen LogP contribution in [-0.2, 0) is 4.79 Å². The maximum absolute atomic E-state index is 12.9. The number of phenolic OH excluding ortho intramolecular Hbond substituents is 1. The topological polar surface area (TPSA) is 75.1 Å². The van der Waals surface area contributed by atoms with Gasteiger partial charge in [0.15, 0.2) is 0 Å². The smallest absolute Gasteiger partial charge is 0.237 e. The molecule has 0 bridgehead atoms. The van der Waals surface area contributed by atoms with Crippen LogP contribution in [0.1, 0.15) is 37.1 Å². The molecule has 170 valence electrons. The number of thiophene rings is 1. The fourth-order valence-electron chi connectivity index (χ4n) is 3.55. The molecule has 2 aromatic heterocycles. The van der Waals surface area contributed by atoms with Crippen LogP contribution in [0, 0.1) is 6.92 Å². The molecule has 5 nitrogen and oxygen atoms in total. The van der Waals surface area contributed by atoms with Crippen LogP contribution in [0.15, 0.2) is 53.8 Å². The zero-order valence-electron chi connectivity index (χ0n) is 18.7. The van der Waals surface area contributed by atoms with E-state index in [1.807, 2.05) is 6.92 Å². The second-order valence-corrected chi connectivity index (χ2v) is 11.0. The highest BCUT2D eigenvalue weighted by Crippen LogP contribution is 2.42. The van der Waals surface area contributed by atoms with E-state index in [-0.39, 0.29) is 17.3 Å². The minimum absolute atomic E-state index is 0.0324. The van der Waals surface area contributed by atoms with Crippen molar-refractivity contribution in [3.8, 4) is 16.9 Å². The molecule has 0 saturated carbocycles. The van der Waals surface area contributed by atoms with Crippen molar-refractivity contribution in [2.45, 2.75) is 43.9 Å². The Bertz CT molecular complexity index is 1320. The maximum Gasteiger partial charge on any atom is 0.237 e. The molecule has 2 heterocycles. The van der Waals surface area contributed by atoms with Gasteiger partial charge in [-0.1, -0.05) is 61.5 Å². The SMILES string of the molecule is Cc1sc2ncnc(SC(C)C(=O)Nc3cc(Cl)ccc3O)c2c1-c1ccc(C(C)C)cc1. The van der Waals surface area contributed by atoms with Crippen LogP contribution in [0.5, 0.6) is 5.75 Å². The number of nitrogens with zero attached hydrogens (tertiary/aromatic N) is 2. The number of thioether (sulfide) groups is 1. The summed E-state index contributed by atoms with van der Waals surface area (Å²) in [5, 5.41) is 14.5. The summed E-state index contributed by atoms with van der Waals surface area (Å²) >= 11 is 8.99. The van der Waals surface area contributed by atoms with Gasteiger partial charge >= 0.3 is 0 Å². The number of benzene rings is 2. The summed E-state index contributed by atoms with van der Waals surface area (Å²) in [6.45, 7) is 8.26. The summed E-state index contributed by atoms with van der Waals surface area (Å²) in [4.78, 5) is 23.9. The Morgan fingerprint density at radius 3 is 2.55 bits per heavy atom. The molecule has 0 aliphatic rings. The van der Waals surface area contributed by atoms with E-state index < -0.39 is 5.25 Å². The Labute approximate surface area is 206 Å². The van der Waals surface area contributed by atoms with Crippen molar-refractivity contribution in [1.29, 1.82) is 0 Å². The molecule has 0 fully saturated rings. The van der Waals surface area contributed by atoms with Crippen molar-refractivity contribution in [2.24, 2.45) is 0 Å². The lowest BCUT2D eigenvalue weighted by Crippen LogP contribution is -2.22. The lowest BCUT2D eigenvalue weighted by molar-refractivity contribution is -0.115. The highest BCUT2D eigenvalue weighted by molar-refractivity contribution is 8.00. The first-order valence-corrected chi connectivity index (χ1v) is 12.6. The van der Waals surface area contributed by atoms with Crippen LogP contribution in [0.25, 0.3) is 21.3 Å². The largest absolute Gasteiger partial charge is 0.506 e. The third-order valence-corrected chi connectivity index (χ3v) is 7.72. The third kappa shape index (κ3) is 5.00. The van der Waals surface area contributed by atoms with Crippen LogP contribution in [0.4, 0.5) is 5.69 Å². The number of rotatable bonds is 6. The van der Waals surface area contributed by atoms with Gasteiger partial charge in [0.1, 0.15) is 21.9 Å². The molecule has 0 spiro atoms. The number of aromatic hydroxyl groups is 1. The van der Waals surface area contributed by atoms with E-state index in [0.717, 1.165) is 31.2 Å². The molecule has 33 heavy (non-hydrogen) atoms. The zero-order chi connectivity index (χ0) is 23.7. The molecular formula is C25H24ClN3O2S2. The number of hydrogen-bond acceptors (Lipinski definition) is 6.